The molecule has 0 aromatic heterocycles. The number of carbonyl (C=O) groups excluding carboxylic acids is 4. The molecule has 2 aliphatic rings. The number of para-hydroxylation sites is 1. The van der Waals surface area contributed by atoms with E-state index in [9.17, 15) is 24.0 Å². The van der Waals surface area contributed by atoms with Crippen molar-refractivity contribution in [1.29, 1.82) is 0 Å². The van der Waals surface area contributed by atoms with E-state index in [0.717, 1.165) is 55.4 Å². The Morgan fingerprint density at radius 1 is 0.716 bits per heavy atom. The van der Waals surface area contributed by atoms with Crippen LogP contribution in [0.4, 0.5) is 28.4 Å². The summed E-state index contributed by atoms with van der Waals surface area (Å²) in [6.07, 6.45) is 0.862. The standard InChI is InChI=1S/C21H18N2O2.C18H25N3O7.C17H20BrNO2/c1-23(13-21(24)25)18-9-8-14-10-17(7-6-15(14)11-18)20-12-16-4-2-3-5-19(16)22-20;1-25-17(23)10-21(11-18(24)26-2)14-4-3-13(19)9-15(14)28-12-16(22)20-5-7-27-8-6-20;1-17(2,3)21-16(20)11-19(4)15-8-6-12-9-14(18)7-5-13(12)10-15/h2-11H,12-13H2,1H3,(H,24,25);3-4,9H,5-8,10-12,19H2,1-2H3;5-10H,11H2,1-4H3. The van der Waals surface area contributed by atoms with Crippen molar-refractivity contribution < 1.29 is 52.8 Å². The van der Waals surface area contributed by atoms with Crippen molar-refractivity contribution in [2.75, 3.05) is 108 Å². The van der Waals surface area contributed by atoms with Gasteiger partial charge in [-0.05, 0) is 114 Å². The Morgan fingerprint density at radius 3 is 1.91 bits per heavy atom. The molecular weight excluding hydrogens is 1010 g/mol. The third kappa shape index (κ3) is 16.2. The van der Waals surface area contributed by atoms with E-state index in [4.69, 9.17) is 30.0 Å². The lowest BCUT2D eigenvalue weighted by molar-refractivity contribution is -0.153. The SMILES string of the molecule is CN(CC(=O)O)c1ccc2cc(C3=Nc4ccccc4C3)ccc2c1.CN(CC(=O)OC(C)(C)C)c1ccc2cc(Br)ccc2c1.COC(=O)CN(CC(=O)OC)c1ccc(N)cc1OCC(=O)N1CCOCC1. The summed E-state index contributed by atoms with van der Waals surface area (Å²) < 4.78 is 26.7. The van der Waals surface area contributed by atoms with Crippen molar-refractivity contribution in [3.63, 3.8) is 0 Å². The fourth-order valence-electron chi connectivity index (χ4n) is 7.96. The number of carbonyl (C=O) groups is 5. The number of carboxylic acid groups (broad SMARTS) is 1. The molecule has 74 heavy (non-hydrogen) atoms. The number of nitrogen functional groups attached to an aromatic ring is 1. The number of likely N-dealkylation sites (N-methyl/N-ethyl adjacent to an activating group) is 2. The maximum Gasteiger partial charge on any atom is 0.326 e. The predicted octanol–water partition coefficient (Wildman–Crippen LogP) is 8.08. The van der Waals surface area contributed by atoms with Crippen molar-refractivity contribution in [2.24, 2.45) is 4.99 Å². The largest absolute Gasteiger partial charge is 0.482 e. The second-order valence-corrected chi connectivity index (χ2v) is 19.4. The molecule has 2 heterocycles. The zero-order valence-corrected chi connectivity index (χ0v) is 44.3. The van der Waals surface area contributed by atoms with E-state index in [1.54, 1.807) is 29.0 Å². The van der Waals surface area contributed by atoms with Gasteiger partial charge in [-0.1, -0.05) is 64.5 Å². The zero-order chi connectivity index (χ0) is 53.5. The second-order valence-electron chi connectivity index (χ2n) is 18.5. The molecular formula is C56H63BrN6O11. The molecule has 0 atom stereocenters. The maximum absolute atomic E-state index is 12.3. The Labute approximate surface area is 439 Å². The van der Waals surface area contributed by atoms with Gasteiger partial charge in [0.25, 0.3) is 5.91 Å². The molecule has 1 fully saturated rings. The predicted molar refractivity (Wildman–Crippen MR) is 292 cm³/mol. The molecule has 2 aliphatic heterocycles. The van der Waals surface area contributed by atoms with Gasteiger partial charge < -0.3 is 54.1 Å². The molecule has 0 spiro atoms. The lowest BCUT2D eigenvalue weighted by Gasteiger charge is -2.28. The van der Waals surface area contributed by atoms with Crippen LogP contribution in [0.25, 0.3) is 21.5 Å². The smallest absolute Gasteiger partial charge is 0.326 e. The van der Waals surface area contributed by atoms with E-state index >= 15 is 0 Å². The number of nitrogens with zero attached hydrogens (tertiary/aromatic N) is 5. The number of nitrogens with two attached hydrogens (primary N) is 1. The van der Waals surface area contributed by atoms with Crippen LogP contribution < -0.4 is 25.2 Å². The van der Waals surface area contributed by atoms with E-state index < -0.39 is 23.5 Å². The molecule has 1 amide bonds. The van der Waals surface area contributed by atoms with Gasteiger partial charge in [0.05, 0.1) is 44.5 Å². The number of anilines is 4. The summed E-state index contributed by atoms with van der Waals surface area (Å²) in [5.41, 5.74) is 12.7. The number of aliphatic imine (C=N–C) groups is 1. The number of rotatable bonds is 15. The molecule has 3 N–H and O–H groups in total. The molecule has 1 saturated heterocycles. The number of amides is 1. The number of methoxy groups -OCH3 is 2. The van der Waals surface area contributed by atoms with Gasteiger partial charge in [-0.3, -0.25) is 29.0 Å². The highest BCUT2D eigenvalue weighted by Gasteiger charge is 2.23. The highest BCUT2D eigenvalue weighted by Crippen LogP contribution is 2.32. The molecule has 6 aromatic rings. The van der Waals surface area contributed by atoms with Gasteiger partial charge in [-0.25, -0.2) is 0 Å². The van der Waals surface area contributed by atoms with Gasteiger partial charge in [-0.15, -0.1) is 0 Å². The Kier molecular flexibility index (Phi) is 19.4. The highest BCUT2D eigenvalue weighted by molar-refractivity contribution is 9.10. The lowest BCUT2D eigenvalue weighted by atomic mass is 10.0. The normalized spacial score (nSPS) is 12.7. The molecule has 0 bridgehead atoms. The number of morpholine rings is 1. The van der Waals surface area contributed by atoms with Gasteiger partial charge in [0.15, 0.2) is 6.61 Å². The van der Waals surface area contributed by atoms with Crippen LogP contribution in [0.15, 0.2) is 125 Å². The number of ether oxygens (including phenoxy) is 5. The molecule has 6 aromatic carbocycles. The third-order valence-electron chi connectivity index (χ3n) is 11.7. The van der Waals surface area contributed by atoms with Crippen molar-refractivity contribution in [3.05, 3.63) is 131 Å². The molecule has 0 aliphatic carbocycles. The zero-order valence-electron chi connectivity index (χ0n) is 42.8. The maximum atomic E-state index is 12.3. The first-order valence-electron chi connectivity index (χ1n) is 23.8. The minimum absolute atomic E-state index is 0.0152. The minimum atomic E-state index is -0.836. The summed E-state index contributed by atoms with van der Waals surface area (Å²) >= 11 is 3.47. The summed E-state index contributed by atoms with van der Waals surface area (Å²) in [6, 6.07) is 37.6. The van der Waals surface area contributed by atoms with Crippen LogP contribution in [0.3, 0.4) is 0 Å². The number of hydrogen-bond donors (Lipinski definition) is 2. The van der Waals surface area contributed by atoms with Gasteiger partial charge >= 0.3 is 23.9 Å². The molecule has 17 nitrogen and oxygen atoms in total. The molecule has 18 heteroatoms. The van der Waals surface area contributed by atoms with Crippen LogP contribution in [0.1, 0.15) is 31.9 Å². The van der Waals surface area contributed by atoms with E-state index in [1.807, 2.05) is 81.2 Å². The Bertz CT molecular complexity index is 2990. The number of benzene rings is 6. The molecule has 0 radical (unpaired) electrons. The number of fused-ring (bicyclic) bond motifs is 3. The summed E-state index contributed by atoms with van der Waals surface area (Å²) in [5.74, 6) is -2.07. The van der Waals surface area contributed by atoms with Gasteiger partial charge in [0.2, 0.25) is 0 Å². The number of hydrogen-bond acceptors (Lipinski definition) is 15. The average molecular weight is 1080 g/mol. The molecule has 0 unspecified atom stereocenters. The fraction of sp³-hybridized carbons (Fsp3) is 0.321. The summed E-state index contributed by atoms with van der Waals surface area (Å²) in [5, 5.41) is 13.5. The summed E-state index contributed by atoms with van der Waals surface area (Å²) in [6.45, 7) is 7.20. The third-order valence-corrected chi connectivity index (χ3v) is 12.2. The van der Waals surface area contributed by atoms with Gasteiger partial charge in [0.1, 0.15) is 37.5 Å². The van der Waals surface area contributed by atoms with Crippen molar-refractivity contribution in [2.45, 2.75) is 32.8 Å². The fourth-order valence-corrected chi connectivity index (χ4v) is 8.34. The van der Waals surface area contributed by atoms with Crippen LogP contribution >= 0.6 is 15.9 Å². The van der Waals surface area contributed by atoms with Crippen LogP contribution in [-0.2, 0) is 49.3 Å². The topological polar surface area (TPSA) is 203 Å². The first kappa shape index (κ1) is 55.6. The summed E-state index contributed by atoms with van der Waals surface area (Å²) in [7, 11) is 6.18. The Morgan fingerprint density at radius 2 is 1.30 bits per heavy atom. The first-order chi connectivity index (χ1) is 35.3. The van der Waals surface area contributed by atoms with Crippen LogP contribution in [-0.4, -0.2) is 139 Å². The number of halogens is 1. The monoisotopic (exact) mass is 1070 g/mol. The second kappa shape index (κ2) is 25.8. The van der Waals surface area contributed by atoms with E-state index in [0.29, 0.717) is 37.7 Å². The van der Waals surface area contributed by atoms with E-state index in [1.165, 1.54) is 36.1 Å². The van der Waals surface area contributed by atoms with Crippen molar-refractivity contribution >= 4 is 101 Å². The van der Waals surface area contributed by atoms with Crippen LogP contribution in [0.5, 0.6) is 5.75 Å². The minimum Gasteiger partial charge on any atom is -0.482 e. The van der Waals surface area contributed by atoms with Crippen molar-refractivity contribution in [1.82, 2.24) is 4.90 Å². The van der Waals surface area contributed by atoms with Gasteiger partial charge in [0, 0.05) is 61.2 Å². The molecule has 0 saturated carbocycles. The van der Waals surface area contributed by atoms with E-state index in [-0.39, 0.29) is 50.4 Å². The highest BCUT2D eigenvalue weighted by atomic mass is 79.9. The summed E-state index contributed by atoms with van der Waals surface area (Å²) in [4.78, 5) is 70.1. The van der Waals surface area contributed by atoms with Crippen LogP contribution in [0, 0.1) is 0 Å². The van der Waals surface area contributed by atoms with Gasteiger partial charge in [-0.2, -0.15) is 0 Å². The van der Waals surface area contributed by atoms with Crippen molar-refractivity contribution in [3.8, 4) is 5.75 Å². The average Bonchev–Trinajstić information content (AvgIpc) is 3.82. The molecule has 8 rings (SSSR count). The Hall–Kier alpha value is -7.70. The Balaban J connectivity index is 0.000000182. The number of aliphatic carboxylic acids is 1. The quantitative estimate of drug-likeness (QED) is 0.0567. The first-order valence-corrected chi connectivity index (χ1v) is 24.6. The lowest BCUT2D eigenvalue weighted by Crippen LogP contribution is -2.43. The molecule has 390 valence electrons. The van der Waals surface area contributed by atoms with Crippen LogP contribution in [0.2, 0.25) is 0 Å². The number of carboxylic acids is 1. The number of esters is 3. The van der Waals surface area contributed by atoms with E-state index in [2.05, 4.69) is 73.9 Å².